The van der Waals surface area contributed by atoms with E-state index in [0.717, 1.165) is 24.2 Å². The van der Waals surface area contributed by atoms with Gasteiger partial charge < -0.3 is 5.32 Å². The molecule has 2 rings (SSSR count). The lowest BCUT2D eigenvalue weighted by Crippen LogP contribution is -2.25. The van der Waals surface area contributed by atoms with Crippen molar-refractivity contribution in [3.63, 3.8) is 0 Å². The fraction of sp³-hybridized carbons (Fsp3) is 0.333. The van der Waals surface area contributed by atoms with Crippen molar-refractivity contribution in [1.29, 1.82) is 0 Å². The molecule has 0 atom stereocenters. The second kappa shape index (κ2) is 5.97. The Morgan fingerprint density at radius 3 is 2.68 bits per heavy atom. The van der Waals surface area contributed by atoms with Crippen molar-refractivity contribution in [2.75, 3.05) is 5.32 Å². The van der Waals surface area contributed by atoms with Crippen molar-refractivity contribution < 1.29 is 0 Å². The minimum atomic E-state index is 0.527. The van der Waals surface area contributed by atoms with Crippen LogP contribution in [0.3, 0.4) is 0 Å². The van der Waals surface area contributed by atoms with Crippen LogP contribution in [0.1, 0.15) is 30.9 Å². The van der Waals surface area contributed by atoms with E-state index < -0.39 is 0 Å². The van der Waals surface area contributed by atoms with Gasteiger partial charge in [0.2, 0.25) is 0 Å². The van der Waals surface area contributed by atoms with E-state index in [1.807, 2.05) is 0 Å². The molecule has 1 aromatic carbocycles. The van der Waals surface area contributed by atoms with E-state index in [4.69, 9.17) is 12.2 Å². The zero-order chi connectivity index (χ0) is 13.8. The molecule has 0 radical (unpaired) electrons. The molecule has 2 N–H and O–H groups in total. The third-order valence-corrected chi connectivity index (χ3v) is 3.32. The van der Waals surface area contributed by atoms with Gasteiger partial charge in [-0.25, -0.2) is 0 Å². The molecule has 0 bridgehead atoms. The zero-order valence-corrected chi connectivity index (χ0v) is 12.4. The van der Waals surface area contributed by atoms with Gasteiger partial charge in [0, 0.05) is 5.69 Å². The minimum Gasteiger partial charge on any atom is -0.331 e. The highest BCUT2D eigenvalue weighted by molar-refractivity contribution is 7.80. The Bertz CT molecular complexity index is 559. The van der Waals surface area contributed by atoms with Crippen molar-refractivity contribution in [3.8, 4) is 0 Å². The number of rotatable bonds is 2. The molecule has 0 spiro atoms. The van der Waals surface area contributed by atoms with Crippen LogP contribution in [0.2, 0.25) is 0 Å². The van der Waals surface area contributed by atoms with Crippen molar-refractivity contribution in [2.45, 2.75) is 33.6 Å². The number of nitrogens with zero attached hydrogens (tertiary/aromatic N) is 1. The van der Waals surface area contributed by atoms with Gasteiger partial charge in [-0.05, 0) is 69.1 Å². The molecular formula is C15H19N3S. The van der Waals surface area contributed by atoms with Crippen LogP contribution in [0.15, 0.2) is 34.9 Å². The third-order valence-electron chi connectivity index (χ3n) is 3.13. The van der Waals surface area contributed by atoms with E-state index >= 15 is 0 Å². The molecule has 1 aromatic rings. The van der Waals surface area contributed by atoms with Crippen molar-refractivity contribution in [2.24, 2.45) is 5.10 Å². The Morgan fingerprint density at radius 2 is 2.00 bits per heavy atom. The molecule has 0 unspecified atom stereocenters. The van der Waals surface area contributed by atoms with Gasteiger partial charge in [-0.15, -0.1) is 0 Å². The fourth-order valence-corrected chi connectivity index (χ4v) is 2.14. The Kier molecular flexibility index (Phi) is 4.32. The predicted molar refractivity (Wildman–Crippen MR) is 85.7 cm³/mol. The van der Waals surface area contributed by atoms with Crippen LogP contribution in [-0.2, 0) is 0 Å². The Morgan fingerprint density at radius 1 is 1.21 bits per heavy atom. The number of hydrogen-bond donors (Lipinski definition) is 2. The molecule has 0 heterocycles. The van der Waals surface area contributed by atoms with Crippen LogP contribution in [0.5, 0.6) is 0 Å². The number of thiocarbonyl (C=S) groups is 1. The zero-order valence-electron chi connectivity index (χ0n) is 11.6. The second-order valence-electron chi connectivity index (χ2n) is 4.98. The Hall–Kier alpha value is -1.68. The molecule has 19 heavy (non-hydrogen) atoms. The smallest absolute Gasteiger partial charge is 0.191 e. The summed E-state index contributed by atoms with van der Waals surface area (Å²) < 4.78 is 0. The first-order chi connectivity index (χ1) is 9.04. The minimum absolute atomic E-state index is 0.527. The number of allylic oxidation sites excluding steroid dienone is 2. The van der Waals surface area contributed by atoms with Crippen molar-refractivity contribution in [1.82, 2.24) is 5.43 Å². The van der Waals surface area contributed by atoms with E-state index in [1.165, 1.54) is 16.7 Å². The van der Waals surface area contributed by atoms with Crippen molar-refractivity contribution in [3.05, 3.63) is 41.0 Å². The van der Waals surface area contributed by atoms with Crippen LogP contribution in [-0.4, -0.2) is 10.8 Å². The van der Waals surface area contributed by atoms with Gasteiger partial charge in [0.25, 0.3) is 0 Å². The van der Waals surface area contributed by atoms with E-state index in [1.54, 1.807) is 0 Å². The highest BCUT2D eigenvalue weighted by atomic mass is 32.1. The third kappa shape index (κ3) is 3.89. The molecule has 100 valence electrons. The SMILES string of the molecule is CC1=CC(=NNC(=S)Nc2cc(C)ccc2C)CC1. The number of benzene rings is 1. The van der Waals surface area contributed by atoms with Crippen LogP contribution >= 0.6 is 12.2 Å². The summed E-state index contributed by atoms with van der Waals surface area (Å²) in [6.07, 6.45) is 4.19. The lowest BCUT2D eigenvalue weighted by Gasteiger charge is -2.11. The normalized spacial score (nSPS) is 16.4. The number of anilines is 1. The summed E-state index contributed by atoms with van der Waals surface area (Å²) in [5, 5.41) is 8.01. The highest BCUT2D eigenvalue weighted by Crippen LogP contribution is 2.16. The Balaban J connectivity index is 1.96. The summed E-state index contributed by atoms with van der Waals surface area (Å²) >= 11 is 5.25. The number of hydrogen-bond acceptors (Lipinski definition) is 2. The van der Waals surface area contributed by atoms with Gasteiger partial charge in [-0.1, -0.05) is 17.7 Å². The van der Waals surface area contributed by atoms with Crippen LogP contribution in [0.25, 0.3) is 0 Å². The summed E-state index contributed by atoms with van der Waals surface area (Å²) in [7, 11) is 0. The van der Waals surface area contributed by atoms with E-state index in [-0.39, 0.29) is 0 Å². The molecular weight excluding hydrogens is 254 g/mol. The average Bonchev–Trinajstić information content (AvgIpc) is 2.77. The maximum absolute atomic E-state index is 5.25. The van der Waals surface area contributed by atoms with Gasteiger partial charge in [0.05, 0.1) is 5.71 Å². The molecule has 4 heteroatoms. The monoisotopic (exact) mass is 273 g/mol. The molecule has 1 aliphatic rings. The van der Waals surface area contributed by atoms with Crippen LogP contribution in [0.4, 0.5) is 5.69 Å². The lowest BCUT2D eigenvalue weighted by atomic mass is 10.1. The van der Waals surface area contributed by atoms with E-state index in [2.05, 4.69) is 60.9 Å². The summed E-state index contributed by atoms with van der Waals surface area (Å²) in [6, 6.07) is 6.24. The summed E-state index contributed by atoms with van der Waals surface area (Å²) in [5.74, 6) is 0. The van der Waals surface area contributed by atoms with Crippen molar-refractivity contribution >= 4 is 28.7 Å². The molecule has 0 aliphatic heterocycles. The number of nitrogens with one attached hydrogen (secondary N) is 2. The molecule has 0 amide bonds. The highest BCUT2D eigenvalue weighted by Gasteiger charge is 2.07. The van der Waals surface area contributed by atoms with Gasteiger partial charge in [-0.2, -0.15) is 5.10 Å². The quantitative estimate of drug-likeness (QED) is 0.637. The van der Waals surface area contributed by atoms with Gasteiger partial charge in [0.15, 0.2) is 5.11 Å². The molecule has 3 nitrogen and oxygen atoms in total. The van der Waals surface area contributed by atoms with Gasteiger partial charge >= 0.3 is 0 Å². The standard InChI is InChI=1S/C15H19N3S/c1-10-5-7-13(8-10)17-18-15(19)16-14-9-11(2)4-6-12(14)3/h4,6,8-9H,5,7H2,1-3H3,(H2,16,18,19). The molecule has 0 saturated carbocycles. The molecule has 0 saturated heterocycles. The second-order valence-corrected chi connectivity index (χ2v) is 5.39. The van der Waals surface area contributed by atoms with Crippen LogP contribution < -0.4 is 10.7 Å². The first kappa shape index (κ1) is 13.7. The van der Waals surface area contributed by atoms with E-state index in [0.29, 0.717) is 5.11 Å². The topological polar surface area (TPSA) is 36.4 Å². The summed E-state index contributed by atoms with van der Waals surface area (Å²) in [5.41, 5.74) is 8.73. The number of hydrazone groups is 1. The number of aryl methyl sites for hydroxylation is 2. The molecule has 0 aromatic heterocycles. The maximum atomic E-state index is 5.25. The lowest BCUT2D eigenvalue weighted by molar-refractivity contribution is 1.00. The molecule has 0 fully saturated rings. The first-order valence-corrected chi connectivity index (χ1v) is 6.83. The van der Waals surface area contributed by atoms with Gasteiger partial charge in [-0.3, -0.25) is 5.43 Å². The van der Waals surface area contributed by atoms with Gasteiger partial charge in [0.1, 0.15) is 0 Å². The first-order valence-electron chi connectivity index (χ1n) is 6.42. The van der Waals surface area contributed by atoms with E-state index in [9.17, 15) is 0 Å². The van der Waals surface area contributed by atoms with Crippen LogP contribution in [0, 0.1) is 13.8 Å². The fourth-order valence-electron chi connectivity index (χ4n) is 1.99. The molecule has 1 aliphatic carbocycles. The summed E-state index contributed by atoms with van der Waals surface area (Å²) in [6.45, 7) is 6.24. The average molecular weight is 273 g/mol. The largest absolute Gasteiger partial charge is 0.331 e. The maximum Gasteiger partial charge on any atom is 0.191 e. The summed E-state index contributed by atoms with van der Waals surface area (Å²) in [4.78, 5) is 0. The Labute approximate surface area is 119 Å². The predicted octanol–water partition coefficient (Wildman–Crippen LogP) is 3.69.